The normalized spacial score (nSPS) is 17.9. The van der Waals surface area contributed by atoms with Gasteiger partial charge >= 0.3 is 0 Å². The maximum Gasteiger partial charge on any atom is 0.174 e. The van der Waals surface area contributed by atoms with E-state index in [0.29, 0.717) is 5.11 Å². The average molecular weight is 441 g/mol. The molecule has 0 bridgehead atoms. The molecule has 0 aliphatic carbocycles. The second-order valence-corrected chi connectivity index (χ2v) is 8.14. The zero-order valence-corrected chi connectivity index (χ0v) is 18.8. The Bertz CT molecular complexity index is 1250. The quantitative estimate of drug-likeness (QED) is 0.423. The van der Waals surface area contributed by atoms with Crippen molar-refractivity contribution in [2.75, 3.05) is 12.0 Å². The van der Waals surface area contributed by atoms with Crippen molar-refractivity contribution in [1.82, 2.24) is 14.9 Å². The molecule has 2 aromatic carbocycles. The lowest BCUT2D eigenvalue weighted by molar-refractivity contribution is 0.414. The number of benzene rings is 2. The highest BCUT2D eigenvalue weighted by Crippen LogP contribution is 2.44. The molecule has 0 spiro atoms. The summed E-state index contributed by atoms with van der Waals surface area (Å²) in [5, 5.41) is 4.17. The van der Waals surface area contributed by atoms with E-state index in [1.165, 1.54) is 5.56 Å². The maximum atomic E-state index is 5.87. The van der Waals surface area contributed by atoms with Crippen LogP contribution in [-0.2, 0) is 0 Å². The number of anilines is 1. The van der Waals surface area contributed by atoms with Crippen LogP contribution in [0.15, 0.2) is 91.3 Å². The van der Waals surface area contributed by atoms with Crippen LogP contribution in [-0.4, -0.2) is 21.8 Å². The minimum absolute atomic E-state index is 0.119. The molecule has 2 atom stereocenters. The van der Waals surface area contributed by atoms with Gasteiger partial charge in [0.05, 0.1) is 24.5 Å². The Balaban J connectivity index is 1.71. The van der Waals surface area contributed by atoms with Gasteiger partial charge in [0.2, 0.25) is 0 Å². The van der Waals surface area contributed by atoms with Gasteiger partial charge in [-0.25, -0.2) is 0 Å². The maximum absolute atomic E-state index is 5.87. The number of aryl methyl sites for hydroxylation is 1. The van der Waals surface area contributed by atoms with Crippen LogP contribution in [0.5, 0.6) is 5.75 Å². The Morgan fingerprint density at radius 1 is 0.906 bits per heavy atom. The van der Waals surface area contributed by atoms with Gasteiger partial charge in [-0.3, -0.25) is 4.98 Å². The van der Waals surface area contributed by atoms with E-state index in [2.05, 4.69) is 69.3 Å². The van der Waals surface area contributed by atoms with Crippen molar-refractivity contribution in [2.45, 2.75) is 19.0 Å². The zero-order valence-electron chi connectivity index (χ0n) is 18.0. The van der Waals surface area contributed by atoms with Gasteiger partial charge in [-0.15, -0.1) is 0 Å². The summed E-state index contributed by atoms with van der Waals surface area (Å²) in [6.45, 7) is 2.13. The van der Waals surface area contributed by atoms with Gasteiger partial charge in [0.25, 0.3) is 0 Å². The lowest BCUT2D eigenvalue weighted by atomic mass is 10.0. The molecular weight excluding hydrogens is 416 g/mol. The molecule has 0 radical (unpaired) electrons. The highest BCUT2D eigenvalue weighted by Gasteiger charge is 2.43. The van der Waals surface area contributed by atoms with Crippen LogP contribution >= 0.6 is 12.2 Å². The number of nitrogens with one attached hydrogen (secondary N) is 1. The van der Waals surface area contributed by atoms with Crippen molar-refractivity contribution >= 4 is 23.0 Å². The van der Waals surface area contributed by atoms with E-state index in [9.17, 15) is 0 Å². The molecule has 5 nitrogen and oxygen atoms in total. The number of aromatic nitrogens is 2. The van der Waals surface area contributed by atoms with Gasteiger partial charge in [0, 0.05) is 23.8 Å². The molecule has 6 heteroatoms. The highest BCUT2D eigenvalue weighted by atomic mass is 32.1. The van der Waals surface area contributed by atoms with E-state index in [1.54, 1.807) is 7.11 Å². The topological polar surface area (TPSA) is 42.3 Å². The largest absolute Gasteiger partial charge is 0.495 e. The van der Waals surface area contributed by atoms with Crippen molar-refractivity contribution in [3.8, 4) is 11.4 Å². The van der Waals surface area contributed by atoms with Crippen LogP contribution in [0.1, 0.15) is 29.0 Å². The van der Waals surface area contributed by atoms with Crippen LogP contribution < -0.4 is 15.0 Å². The summed E-state index contributed by atoms with van der Waals surface area (Å²) in [4.78, 5) is 6.81. The van der Waals surface area contributed by atoms with Crippen molar-refractivity contribution in [3.63, 3.8) is 0 Å². The molecule has 5 rings (SSSR count). The number of hydrogen-bond acceptors (Lipinski definition) is 3. The van der Waals surface area contributed by atoms with Crippen molar-refractivity contribution in [2.24, 2.45) is 0 Å². The molecule has 32 heavy (non-hydrogen) atoms. The monoisotopic (exact) mass is 440 g/mol. The Hall–Kier alpha value is -3.64. The smallest absolute Gasteiger partial charge is 0.174 e. The fraction of sp³-hybridized carbons (Fsp3) is 0.154. The molecule has 160 valence electrons. The zero-order chi connectivity index (χ0) is 22.1. The fourth-order valence-corrected chi connectivity index (χ4v) is 4.77. The summed E-state index contributed by atoms with van der Waals surface area (Å²) in [5.74, 6) is 0.775. The lowest BCUT2D eigenvalue weighted by Gasteiger charge is -2.30. The second kappa shape index (κ2) is 8.48. The van der Waals surface area contributed by atoms with Gasteiger partial charge in [0.1, 0.15) is 11.8 Å². The van der Waals surface area contributed by atoms with Crippen molar-refractivity contribution in [1.29, 1.82) is 0 Å². The van der Waals surface area contributed by atoms with Gasteiger partial charge in [-0.05, 0) is 67.2 Å². The molecule has 1 aliphatic heterocycles. The number of thiocarbonyl (C=S) groups is 1. The Morgan fingerprint density at radius 3 is 2.41 bits per heavy atom. The first-order chi connectivity index (χ1) is 15.7. The third-order valence-electron chi connectivity index (χ3n) is 5.90. The predicted molar refractivity (Wildman–Crippen MR) is 131 cm³/mol. The summed E-state index contributed by atoms with van der Waals surface area (Å²) in [7, 11) is 1.69. The average Bonchev–Trinajstić information content (AvgIpc) is 3.44. The number of nitrogens with zero attached hydrogens (tertiary/aromatic N) is 3. The first-order valence-electron chi connectivity index (χ1n) is 10.6. The van der Waals surface area contributed by atoms with E-state index in [1.807, 2.05) is 48.7 Å². The highest BCUT2D eigenvalue weighted by molar-refractivity contribution is 7.80. The van der Waals surface area contributed by atoms with Crippen LogP contribution in [0.25, 0.3) is 5.69 Å². The summed E-state index contributed by atoms with van der Waals surface area (Å²) >= 11 is 5.87. The number of methoxy groups -OCH3 is 1. The molecule has 0 unspecified atom stereocenters. The number of hydrogen-bond donors (Lipinski definition) is 1. The summed E-state index contributed by atoms with van der Waals surface area (Å²) in [6.07, 6.45) is 3.93. The molecule has 0 saturated carbocycles. The van der Waals surface area contributed by atoms with E-state index >= 15 is 0 Å². The number of para-hydroxylation sites is 3. The molecule has 3 heterocycles. The summed E-state index contributed by atoms with van der Waals surface area (Å²) in [5.41, 5.74) is 5.33. The van der Waals surface area contributed by atoms with Crippen LogP contribution in [0.4, 0.5) is 5.69 Å². The minimum atomic E-state index is -0.122. The van der Waals surface area contributed by atoms with E-state index in [4.69, 9.17) is 17.0 Å². The summed E-state index contributed by atoms with van der Waals surface area (Å²) in [6, 6.07) is 26.4. The van der Waals surface area contributed by atoms with Crippen LogP contribution in [0.2, 0.25) is 0 Å². The fourth-order valence-electron chi connectivity index (χ4n) is 4.43. The molecule has 1 N–H and O–H groups in total. The lowest BCUT2D eigenvalue weighted by Crippen LogP contribution is -2.30. The molecule has 2 aromatic heterocycles. The van der Waals surface area contributed by atoms with Crippen molar-refractivity contribution < 1.29 is 4.74 Å². The van der Waals surface area contributed by atoms with Gasteiger partial charge in [-0.1, -0.05) is 36.4 Å². The Kier molecular flexibility index (Phi) is 5.37. The number of ether oxygens (including phenoxy) is 1. The molecule has 1 fully saturated rings. The van der Waals surface area contributed by atoms with Crippen LogP contribution in [0.3, 0.4) is 0 Å². The minimum Gasteiger partial charge on any atom is -0.495 e. The molecule has 0 amide bonds. The Morgan fingerprint density at radius 2 is 1.66 bits per heavy atom. The molecule has 4 aromatic rings. The van der Waals surface area contributed by atoms with Gasteiger partial charge < -0.3 is 19.5 Å². The SMILES string of the molecule is COc1ccccc1N1C(=S)N[C@@H](c2ccccn2)[C@@H]1c1cccn1-c1ccccc1C. The molecule has 1 saturated heterocycles. The first kappa shape index (κ1) is 20.3. The van der Waals surface area contributed by atoms with Gasteiger partial charge in [0.15, 0.2) is 5.11 Å². The summed E-state index contributed by atoms with van der Waals surface area (Å²) < 4.78 is 7.94. The van der Waals surface area contributed by atoms with E-state index in [-0.39, 0.29) is 12.1 Å². The third kappa shape index (κ3) is 3.42. The van der Waals surface area contributed by atoms with E-state index in [0.717, 1.165) is 28.5 Å². The van der Waals surface area contributed by atoms with Crippen molar-refractivity contribution in [3.05, 3.63) is 108 Å². The Labute approximate surface area is 193 Å². The standard InChI is InChI=1S/C26H24N4OS/c1-18-10-3-4-12-20(18)29-17-9-14-22(29)25-24(19-11-7-8-16-27-19)28-26(32)30(25)21-13-5-6-15-23(21)31-2/h3-17,24-25H,1-2H3,(H,28,32)/t24-,25-/m0/s1. The van der Waals surface area contributed by atoms with Gasteiger partial charge in [-0.2, -0.15) is 0 Å². The number of rotatable bonds is 5. The molecule has 1 aliphatic rings. The third-order valence-corrected chi connectivity index (χ3v) is 6.22. The molecular formula is C26H24N4OS. The van der Waals surface area contributed by atoms with Crippen LogP contribution in [0, 0.1) is 6.92 Å². The number of pyridine rings is 1. The first-order valence-corrected chi connectivity index (χ1v) is 11.0. The van der Waals surface area contributed by atoms with E-state index < -0.39 is 0 Å². The second-order valence-electron chi connectivity index (χ2n) is 7.76. The predicted octanol–water partition coefficient (Wildman–Crippen LogP) is 5.37.